The highest BCUT2D eigenvalue weighted by Crippen LogP contribution is 2.19. The van der Waals surface area contributed by atoms with Crippen molar-refractivity contribution in [2.75, 3.05) is 0 Å². The minimum Gasteiger partial charge on any atom is -0.508 e. The van der Waals surface area contributed by atoms with Gasteiger partial charge in [-0.1, -0.05) is 42.5 Å². The van der Waals surface area contributed by atoms with Crippen LogP contribution in [0.2, 0.25) is 0 Å². The monoisotopic (exact) mass is 242 g/mol. The summed E-state index contributed by atoms with van der Waals surface area (Å²) in [6, 6.07) is 14.6. The maximum atomic E-state index is 10.5. The van der Waals surface area contributed by atoms with Gasteiger partial charge in [-0.15, -0.1) is 0 Å². The Hall–Kier alpha value is -2.13. The summed E-state index contributed by atoms with van der Waals surface area (Å²) in [6.45, 7) is 0.815. The number of aromatic hydroxyl groups is 1. The van der Waals surface area contributed by atoms with Crippen LogP contribution in [0.1, 0.15) is 21.5 Å². The number of phenols is 1. The first-order valence-electron chi connectivity index (χ1n) is 5.68. The number of hydrogen-bond acceptors (Lipinski definition) is 3. The van der Waals surface area contributed by atoms with E-state index in [0.717, 1.165) is 5.56 Å². The van der Waals surface area contributed by atoms with E-state index in [1.54, 1.807) is 12.1 Å². The van der Waals surface area contributed by atoms with Crippen molar-refractivity contribution in [2.24, 2.45) is 0 Å². The maximum Gasteiger partial charge on any atom is 0.150 e. The molecule has 2 aromatic rings. The van der Waals surface area contributed by atoms with Crippen LogP contribution in [0.25, 0.3) is 0 Å². The van der Waals surface area contributed by atoms with Crippen LogP contribution in [0.5, 0.6) is 5.75 Å². The SMILES string of the molecule is O=Cc1ccc(COCc2ccccc2)c(O)c1. The third kappa shape index (κ3) is 3.18. The molecule has 2 rings (SSSR count). The van der Waals surface area contributed by atoms with Crippen molar-refractivity contribution < 1.29 is 14.6 Å². The van der Waals surface area contributed by atoms with Crippen molar-refractivity contribution in [1.82, 2.24) is 0 Å². The minimum atomic E-state index is 0.0904. The van der Waals surface area contributed by atoms with Crippen LogP contribution in [0.3, 0.4) is 0 Å². The average Bonchev–Trinajstić information content (AvgIpc) is 2.42. The topological polar surface area (TPSA) is 46.5 Å². The third-order valence-electron chi connectivity index (χ3n) is 2.61. The highest BCUT2D eigenvalue weighted by molar-refractivity contribution is 5.75. The van der Waals surface area contributed by atoms with Gasteiger partial charge in [-0.05, 0) is 11.6 Å². The van der Waals surface area contributed by atoms with Gasteiger partial charge in [0.2, 0.25) is 0 Å². The van der Waals surface area contributed by atoms with Gasteiger partial charge in [-0.2, -0.15) is 0 Å². The fraction of sp³-hybridized carbons (Fsp3) is 0.133. The molecule has 0 saturated carbocycles. The number of aldehydes is 1. The molecule has 0 aliphatic rings. The summed E-state index contributed by atoms with van der Waals surface area (Å²) >= 11 is 0. The summed E-state index contributed by atoms with van der Waals surface area (Å²) in [5.74, 6) is 0.0904. The molecule has 3 nitrogen and oxygen atoms in total. The Morgan fingerprint density at radius 2 is 1.83 bits per heavy atom. The lowest BCUT2D eigenvalue weighted by Crippen LogP contribution is -1.95. The van der Waals surface area contributed by atoms with E-state index < -0.39 is 0 Å². The predicted molar refractivity (Wildman–Crippen MR) is 68.4 cm³/mol. The number of ether oxygens (including phenoxy) is 1. The van der Waals surface area contributed by atoms with E-state index >= 15 is 0 Å². The van der Waals surface area contributed by atoms with Gasteiger partial charge >= 0.3 is 0 Å². The maximum absolute atomic E-state index is 10.5. The summed E-state index contributed by atoms with van der Waals surface area (Å²) < 4.78 is 5.51. The normalized spacial score (nSPS) is 10.2. The standard InChI is InChI=1S/C15H14O3/c16-9-13-6-7-14(15(17)8-13)11-18-10-12-4-2-1-3-5-12/h1-9,17H,10-11H2. The molecule has 0 aliphatic heterocycles. The van der Waals surface area contributed by atoms with E-state index in [0.29, 0.717) is 30.6 Å². The van der Waals surface area contributed by atoms with Crippen molar-refractivity contribution in [2.45, 2.75) is 13.2 Å². The molecule has 92 valence electrons. The molecule has 0 aliphatic carbocycles. The van der Waals surface area contributed by atoms with E-state index in [-0.39, 0.29) is 5.75 Å². The first kappa shape index (κ1) is 12.3. The lowest BCUT2D eigenvalue weighted by molar-refractivity contribution is 0.105. The predicted octanol–water partition coefficient (Wildman–Crippen LogP) is 2.92. The fourth-order valence-electron chi connectivity index (χ4n) is 1.63. The molecule has 0 heterocycles. The molecule has 0 fully saturated rings. The van der Waals surface area contributed by atoms with Crippen LogP contribution >= 0.6 is 0 Å². The molecule has 0 spiro atoms. The lowest BCUT2D eigenvalue weighted by atomic mass is 10.1. The van der Waals surface area contributed by atoms with Crippen LogP contribution in [0.4, 0.5) is 0 Å². The van der Waals surface area contributed by atoms with E-state index in [1.165, 1.54) is 6.07 Å². The molecule has 0 bridgehead atoms. The second kappa shape index (κ2) is 5.98. The molecule has 0 aromatic heterocycles. The summed E-state index contributed by atoms with van der Waals surface area (Å²) in [4.78, 5) is 10.5. The van der Waals surface area contributed by atoms with Crippen molar-refractivity contribution in [3.05, 3.63) is 65.2 Å². The smallest absolute Gasteiger partial charge is 0.150 e. The van der Waals surface area contributed by atoms with Crippen molar-refractivity contribution in [3.63, 3.8) is 0 Å². The lowest BCUT2D eigenvalue weighted by Gasteiger charge is -2.06. The van der Waals surface area contributed by atoms with Gasteiger partial charge in [0, 0.05) is 11.1 Å². The summed E-state index contributed by atoms with van der Waals surface area (Å²) in [7, 11) is 0. The largest absolute Gasteiger partial charge is 0.508 e. The van der Waals surface area contributed by atoms with Crippen LogP contribution in [0, 0.1) is 0 Å². The number of carbonyl (C=O) groups excluding carboxylic acids is 1. The highest BCUT2D eigenvalue weighted by Gasteiger charge is 2.02. The fourth-order valence-corrected chi connectivity index (χ4v) is 1.63. The molecule has 1 N–H and O–H groups in total. The Bertz CT molecular complexity index is 521. The van der Waals surface area contributed by atoms with Gasteiger partial charge in [0.1, 0.15) is 12.0 Å². The Morgan fingerprint density at radius 1 is 1.06 bits per heavy atom. The molecule has 2 aromatic carbocycles. The van der Waals surface area contributed by atoms with Gasteiger partial charge in [0.25, 0.3) is 0 Å². The van der Waals surface area contributed by atoms with Gasteiger partial charge < -0.3 is 9.84 Å². The van der Waals surface area contributed by atoms with Gasteiger partial charge in [0.15, 0.2) is 0 Å². The van der Waals surface area contributed by atoms with E-state index in [1.807, 2.05) is 30.3 Å². The molecule has 0 unspecified atom stereocenters. The second-order valence-corrected chi connectivity index (χ2v) is 3.98. The number of benzene rings is 2. The van der Waals surface area contributed by atoms with Crippen LogP contribution in [-0.4, -0.2) is 11.4 Å². The zero-order chi connectivity index (χ0) is 12.8. The number of hydrogen-bond donors (Lipinski definition) is 1. The molecular weight excluding hydrogens is 228 g/mol. The molecule has 0 atom stereocenters. The van der Waals surface area contributed by atoms with Crippen molar-refractivity contribution >= 4 is 6.29 Å². The Labute approximate surface area is 106 Å². The first-order valence-corrected chi connectivity index (χ1v) is 5.68. The van der Waals surface area contributed by atoms with Gasteiger partial charge in [-0.25, -0.2) is 0 Å². The van der Waals surface area contributed by atoms with Crippen molar-refractivity contribution in [3.8, 4) is 5.75 Å². The third-order valence-corrected chi connectivity index (χ3v) is 2.61. The Kier molecular flexibility index (Phi) is 4.10. The number of phenolic OH excluding ortho intramolecular Hbond substituents is 1. The van der Waals surface area contributed by atoms with Crippen molar-refractivity contribution in [1.29, 1.82) is 0 Å². The summed E-state index contributed by atoms with van der Waals surface area (Å²) in [5.41, 5.74) is 2.22. The van der Waals surface area contributed by atoms with Crippen LogP contribution < -0.4 is 0 Å². The summed E-state index contributed by atoms with van der Waals surface area (Å²) in [5, 5.41) is 9.68. The Morgan fingerprint density at radius 3 is 2.50 bits per heavy atom. The van der Waals surface area contributed by atoms with E-state index in [9.17, 15) is 9.90 Å². The Balaban J connectivity index is 1.92. The quantitative estimate of drug-likeness (QED) is 0.820. The van der Waals surface area contributed by atoms with Gasteiger partial charge in [-0.3, -0.25) is 4.79 Å². The first-order chi connectivity index (χ1) is 8.79. The second-order valence-electron chi connectivity index (χ2n) is 3.98. The van der Waals surface area contributed by atoms with E-state index in [4.69, 9.17) is 4.74 Å². The highest BCUT2D eigenvalue weighted by atomic mass is 16.5. The minimum absolute atomic E-state index is 0.0904. The zero-order valence-corrected chi connectivity index (χ0v) is 9.87. The molecule has 0 amide bonds. The molecule has 18 heavy (non-hydrogen) atoms. The zero-order valence-electron chi connectivity index (χ0n) is 9.87. The number of rotatable bonds is 5. The molecule has 0 saturated heterocycles. The molecule has 0 radical (unpaired) electrons. The van der Waals surface area contributed by atoms with Crippen LogP contribution in [-0.2, 0) is 18.0 Å². The van der Waals surface area contributed by atoms with Crippen LogP contribution in [0.15, 0.2) is 48.5 Å². The molecule has 3 heteroatoms. The summed E-state index contributed by atoms with van der Waals surface area (Å²) in [6.07, 6.45) is 0.703. The molecular formula is C15H14O3. The average molecular weight is 242 g/mol. The van der Waals surface area contributed by atoms with Gasteiger partial charge in [0.05, 0.1) is 13.2 Å². The number of carbonyl (C=O) groups is 1. The van der Waals surface area contributed by atoms with E-state index in [2.05, 4.69) is 0 Å².